The van der Waals surface area contributed by atoms with E-state index in [-0.39, 0.29) is 5.91 Å². The number of carbonyl (C=O) groups is 1. The molecule has 0 unspecified atom stereocenters. The zero-order chi connectivity index (χ0) is 13.5. The molecule has 0 saturated carbocycles. The third-order valence-corrected chi connectivity index (χ3v) is 3.21. The van der Waals surface area contributed by atoms with Crippen LogP contribution in [0.5, 0.6) is 0 Å². The van der Waals surface area contributed by atoms with Gasteiger partial charge in [0.05, 0.1) is 0 Å². The summed E-state index contributed by atoms with van der Waals surface area (Å²) < 4.78 is 0. The van der Waals surface area contributed by atoms with Crippen molar-refractivity contribution in [3.05, 3.63) is 65.7 Å². The lowest BCUT2D eigenvalue weighted by atomic mass is 10.1. The summed E-state index contributed by atoms with van der Waals surface area (Å²) in [6.07, 6.45) is 1.22. The number of nitrogens with one attached hydrogen (secondary N) is 1. The Labute approximate surface area is 118 Å². The fourth-order valence-corrected chi connectivity index (χ4v) is 2.11. The molecule has 0 bridgehead atoms. The number of hydrogen-bond donors (Lipinski definition) is 1. The van der Waals surface area contributed by atoms with Gasteiger partial charge >= 0.3 is 0 Å². The lowest BCUT2D eigenvalue weighted by molar-refractivity contribution is -0.116. The number of halogens is 1. The second-order valence-corrected chi connectivity index (χ2v) is 4.59. The van der Waals surface area contributed by atoms with Gasteiger partial charge in [0, 0.05) is 18.0 Å². The maximum atomic E-state index is 11.9. The third kappa shape index (κ3) is 4.11. The van der Waals surface area contributed by atoms with Gasteiger partial charge in [0.15, 0.2) is 0 Å². The number of anilines is 1. The fourth-order valence-electron chi connectivity index (χ4n) is 1.87. The zero-order valence-electron chi connectivity index (χ0n) is 10.6. The molecule has 0 aliphatic rings. The van der Waals surface area contributed by atoms with Gasteiger partial charge in [-0.05, 0) is 23.6 Å². The third-order valence-electron chi connectivity index (χ3n) is 2.92. The molecule has 2 nitrogen and oxygen atoms in total. The summed E-state index contributed by atoms with van der Waals surface area (Å²) in [5.41, 5.74) is 2.91. The molecule has 0 aromatic heterocycles. The first-order valence-electron chi connectivity index (χ1n) is 6.27. The predicted octanol–water partition coefficient (Wildman–Crippen LogP) is 4.00. The van der Waals surface area contributed by atoms with Gasteiger partial charge in [-0.1, -0.05) is 48.5 Å². The highest BCUT2D eigenvalue weighted by atomic mass is 35.5. The number of rotatable bonds is 5. The van der Waals surface area contributed by atoms with Gasteiger partial charge in [0.2, 0.25) is 5.91 Å². The van der Waals surface area contributed by atoms with E-state index in [2.05, 4.69) is 5.32 Å². The van der Waals surface area contributed by atoms with Crippen molar-refractivity contribution in [3.8, 4) is 0 Å². The van der Waals surface area contributed by atoms with E-state index in [0.717, 1.165) is 17.7 Å². The fraction of sp³-hybridized carbons (Fsp3) is 0.188. The minimum absolute atomic E-state index is 0.0152. The Morgan fingerprint density at radius 3 is 2.42 bits per heavy atom. The first-order chi connectivity index (χ1) is 9.29. The second kappa shape index (κ2) is 6.95. The monoisotopic (exact) mass is 273 g/mol. The molecule has 0 aliphatic carbocycles. The van der Waals surface area contributed by atoms with Crippen molar-refractivity contribution in [2.75, 3.05) is 5.32 Å². The maximum Gasteiger partial charge on any atom is 0.224 e. The standard InChI is InChI=1S/C16H16ClNO/c17-12-14-8-4-5-9-15(14)18-16(19)11-10-13-6-2-1-3-7-13/h1-9H,10-12H2,(H,18,19). The van der Waals surface area contributed by atoms with Gasteiger partial charge in [0.1, 0.15) is 0 Å². The minimum Gasteiger partial charge on any atom is -0.326 e. The molecule has 19 heavy (non-hydrogen) atoms. The Morgan fingerprint density at radius 2 is 1.68 bits per heavy atom. The van der Waals surface area contributed by atoms with Gasteiger partial charge in [-0.2, -0.15) is 0 Å². The van der Waals surface area contributed by atoms with Crippen LogP contribution >= 0.6 is 11.6 Å². The van der Waals surface area contributed by atoms with Crippen molar-refractivity contribution in [3.63, 3.8) is 0 Å². The molecular formula is C16H16ClNO. The lowest BCUT2D eigenvalue weighted by Crippen LogP contribution is -2.13. The van der Waals surface area contributed by atoms with Crippen molar-refractivity contribution < 1.29 is 4.79 Å². The molecule has 2 rings (SSSR count). The van der Waals surface area contributed by atoms with Crippen LogP contribution in [0.25, 0.3) is 0 Å². The van der Waals surface area contributed by atoms with Crippen LogP contribution in [0.4, 0.5) is 5.69 Å². The van der Waals surface area contributed by atoms with Crippen molar-refractivity contribution >= 4 is 23.2 Å². The van der Waals surface area contributed by atoms with Crippen LogP contribution in [0, 0.1) is 0 Å². The van der Waals surface area contributed by atoms with E-state index in [9.17, 15) is 4.79 Å². The van der Waals surface area contributed by atoms with E-state index >= 15 is 0 Å². The highest BCUT2D eigenvalue weighted by Crippen LogP contribution is 2.17. The highest BCUT2D eigenvalue weighted by Gasteiger charge is 2.06. The molecule has 0 atom stereocenters. The smallest absolute Gasteiger partial charge is 0.224 e. The lowest BCUT2D eigenvalue weighted by Gasteiger charge is -2.09. The van der Waals surface area contributed by atoms with Gasteiger partial charge in [-0.15, -0.1) is 11.6 Å². The summed E-state index contributed by atoms with van der Waals surface area (Å²) in [5, 5.41) is 2.91. The van der Waals surface area contributed by atoms with Gasteiger partial charge in [0.25, 0.3) is 0 Å². The van der Waals surface area contributed by atoms with Crippen molar-refractivity contribution in [1.82, 2.24) is 0 Å². The molecule has 1 N–H and O–H groups in total. The van der Waals surface area contributed by atoms with E-state index in [4.69, 9.17) is 11.6 Å². The minimum atomic E-state index is 0.0152. The number of benzene rings is 2. The van der Waals surface area contributed by atoms with Crippen LogP contribution < -0.4 is 5.32 Å². The Balaban J connectivity index is 1.91. The zero-order valence-corrected chi connectivity index (χ0v) is 11.4. The molecule has 0 heterocycles. The van der Waals surface area contributed by atoms with E-state index in [0.29, 0.717) is 12.3 Å². The number of amides is 1. The molecule has 0 fully saturated rings. The summed E-state index contributed by atoms with van der Waals surface area (Å²) in [4.78, 5) is 11.9. The van der Waals surface area contributed by atoms with E-state index in [1.54, 1.807) is 0 Å². The molecular weight excluding hydrogens is 258 g/mol. The number of aryl methyl sites for hydroxylation is 1. The number of alkyl halides is 1. The largest absolute Gasteiger partial charge is 0.326 e. The first-order valence-corrected chi connectivity index (χ1v) is 6.80. The molecule has 0 radical (unpaired) electrons. The van der Waals surface area contributed by atoms with Crippen LogP contribution in [0.15, 0.2) is 54.6 Å². The average Bonchev–Trinajstić information content (AvgIpc) is 2.47. The molecule has 0 spiro atoms. The van der Waals surface area contributed by atoms with E-state index in [1.165, 1.54) is 5.56 Å². The van der Waals surface area contributed by atoms with Crippen LogP contribution in [0.2, 0.25) is 0 Å². The second-order valence-electron chi connectivity index (χ2n) is 4.32. The summed E-state index contributed by atoms with van der Waals surface area (Å²) in [5.74, 6) is 0.413. The highest BCUT2D eigenvalue weighted by molar-refractivity contribution is 6.17. The quantitative estimate of drug-likeness (QED) is 0.820. The number of carbonyl (C=O) groups excluding carboxylic acids is 1. The SMILES string of the molecule is O=C(CCc1ccccc1)Nc1ccccc1CCl. The molecule has 98 valence electrons. The first kappa shape index (κ1) is 13.6. The van der Waals surface area contributed by atoms with E-state index in [1.807, 2.05) is 54.6 Å². The van der Waals surface area contributed by atoms with Crippen LogP contribution in [0.1, 0.15) is 17.5 Å². The topological polar surface area (TPSA) is 29.1 Å². The van der Waals surface area contributed by atoms with Crippen LogP contribution in [-0.4, -0.2) is 5.91 Å². The Kier molecular flexibility index (Phi) is 4.99. The van der Waals surface area contributed by atoms with Crippen molar-refractivity contribution in [2.24, 2.45) is 0 Å². The molecule has 0 aliphatic heterocycles. The molecule has 2 aromatic carbocycles. The van der Waals surface area contributed by atoms with Crippen molar-refractivity contribution in [2.45, 2.75) is 18.7 Å². The number of hydrogen-bond acceptors (Lipinski definition) is 1. The van der Waals surface area contributed by atoms with E-state index < -0.39 is 0 Å². The van der Waals surface area contributed by atoms with Gasteiger partial charge in [-0.25, -0.2) is 0 Å². The van der Waals surface area contributed by atoms with Crippen LogP contribution in [0.3, 0.4) is 0 Å². The Morgan fingerprint density at radius 1 is 1.00 bits per heavy atom. The summed E-state index contributed by atoms with van der Waals surface area (Å²) in [7, 11) is 0. The molecule has 3 heteroatoms. The summed E-state index contributed by atoms with van der Waals surface area (Å²) >= 11 is 5.84. The van der Waals surface area contributed by atoms with Crippen LogP contribution in [-0.2, 0) is 17.1 Å². The van der Waals surface area contributed by atoms with Gasteiger partial charge in [-0.3, -0.25) is 4.79 Å². The normalized spacial score (nSPS) is 10.2. The number of para-hydroxylation sites is 1. The summed E-state index contributed by atoms with van der Waals surface area (Å²) in [6, 6.07) is 17.6. The Hall–Kier alpha value is -1.80. The molecule has 2 aromatic rings. The maximum absolute atomic E-state index is 11.9. The predicted molar refractivity (Wildman–Crippen MR) is 79.4 cm³/mol. The summed E-state index contributed by atoms with van der Waals surface area (Å²) in [6.45, 7) is 0. The Bertz CT molecular complexity index is 539. The molecule has 1 amide bonds. The van der Waals surface area contributed by atoms with Crippen molar-refractivity contribution in [1.29, 1.82) is 0 Å². The molecule has 0 saturated heterocycles. The average molecular weight is 274 g/mol. The van der Waals surface area contributed by atoms with Gasteiger partial charge < -0.3 is 5.32 Å².